The number of ether oxygens (including phenoxy) is 2. The van der Waals surface area contributed by atoms with Crippen LogP contribution in [0.1, 0.15) is 11.1 Å². The molecule has 0 atom stereocenters. The number of methoxy groups -OCH3 is 1. The molecule has 26 heavy (non-hydrogen) atoms. The number of benzene rings is 1. The summed E-state index contributed by atoms with van der Waals surface area (Å²) in [5.41, 5.74) is 1.93. The first-order chi connectivity index (χ1) is 12.6. The summed E-state index contributed by atoms with van der Waals surface area (Å²) >= 11 is 0. The Morgan fingerprint density at radius 1 is 1.23 bits per heavy atom. The van der Waals surface area contributed by atoms with Crippen molar-refractivity contribution in [2.75, 3.05) is 34.4 Å². The third-order valence-corrected chi connectivity index (χ3v) is 3.72. The largest absolute Gasteiger partial charge is 0.475 e. The Bertz CT molecular complexity index is 707. The van der Waals surface area contributed by atoms with Gasteiger partial charge in [0.25, 0.3) is 0 Å². The quantitative estimate of drug-likeness (QED) is 0.445. The molecule has 0 aliphatic carbocycles. The first kappa shape index (κ1) is 19.7. The Morgan fingerprint density at radius 2 is 2.00 bits per heavy atom. The molecule has 0 aliphatic heterocycles. The highest BCUT2D eigenvalue weighted by Gasteiger charge is 2.09. The second kappa shape index (κ2) is 10.4. The molecule has 1 aromatic carbocycles. The van der Waals surface area contributed by atoms with E-state index >= 15 is 0 Å². The van der Waals surface area contributed by atoms with E-state index in [1.807, 2.05) is 24.1 Å². The van der Waals surface area contributed by atoms with Gasteiger partial charge in [-0.1, -0.05) is 18.2 Å². The van der Waals surface area contributed by atoms with E-state index in [0.717, 1.165) is 17.1 Å². The lowest BCUT2D eigenvalue weighted by Gasteiger charge is -2.22. The zero-order valence-electron chi connectivity index (χ0n) is 15.4. The Labute approximate surface area is 153 Å². The van der Waals surface area contributed by atoms with Gasteiger partial charge in [0.05, 0.1) is 6.61 Å². The molecular formula is C19H25FN4O2. The smallest absolute Gasteiger partial charge is 0.218 e. The minimum absolute atomic E-state index is 0.239. The van der Waals surface area contributed by atoms with Crippen LogP contribution in [-0.2, 0) is 17.8 Å². The molecule has 2 aromatic rings. The van der Waals surface area contributed by atoms with Crippen molar-refractivity contribution in [1.82, 2.24) is 15.2 Å². The van der Waals surface area contributed by atoms with Gasteiger partial charge in [0.15, 0.2) is 5.96 Å². The van der Waals surface area contributed by atoms with E-state index in [1.165, 1.54) is 12.1 Å². The number of aromatic nitrogens is 1. The van der Waals surface area contributed by atoms with Crippen molar-refractivity contribution in [2.24, 2.45) is 4.99 Å². The molecule has 7 heteroatoms. The molecule has 0 unspecified atom stereocenters. The molecular weight excluding hydrogens is 335 g/mol. The van der Waals surface area contributed by atoms with Crippen molar-refractivity contribution < 1.29 is 13.9 Å². The van der Waals surface area contributed by atoms with Crippen LogP contribution in [-0.4, -0.2) is 50.3 Å². The van der Waals surface area contributed by atoms with Crippen LogP contribution in [0.3, 0.4) is 0 Å². The van der Waals surface area contributed by atoms with E-state index in [4.69, 9.17) is 9.47 Å². The number of hydrogen-bond acceptors (Lipinski definition) is 4. The van der Waals surface area contributed by atoms with Crippen LogP contribution in [0.5, 0.6) is 5.88 Å². The van der Waals surface area contributed by atoms with Crippen LogP contribution in [0.4, 0.5) is 4.39 Å². The molecule has 0 aliphatic rings. The van der Waals surface area contributed by atoms with Gasteiger partial charge in [-0.05, 0) is 23.8 Å². The summed E-state index contributed by atoms with van der Waals surface area (Å²) in [6.45, 7) is 2.09. The lowest BCUT2D eigenvalue weighted by molar-refractivity contribution is 0.143. The molecule has 6 nitrogen and oxygen atoms in total. The van der Waals surface area contributed by atoms with Gasteiger partial charge in [-0.25, -0.2) is 9.37 Å². The van der Waals surface area contributed by atoms with Crippen molar-refractivity contribution in [2.45, 2.75) is 13.1 Å². The molecule has 0 saturated heterocycles. The van der Waals surface area contributed by atoms with Gasteiger partial charge in [-0.3, -0.25) is 4.99 Å². The van der Waals surface area contributed by atoms with E-state index in [-0.39, 0.29) is 5.82 Å². The molecule has 0 spiro atoms. The second-order valence-corrected chi connectivity index (χ2v) is 5.69. The fourth-order valence-corrected chi connectivity index (χ4v) is 2.41. The average Bonchev–Trinajstić information content (AvgIpc) is 2.65. The number of rotatable bonds is 8. The number of nitrogens with one attached hydrogen (secondary N) is 1. The Morgan fingerprint density at radius 3 is 2.69 bits per heavy atom. The third kappa shape index (κ3) is 6.00. The highest BCUT2D eigenvalue weighted by Crippen LogP contribution is 2.14. The molecule has 0 radical (unpaired) electrons. The fraction of sp³-hybridized carbons (Fsp3) is 0.368. The highest BCUT2D eigenvalue weighted by molar-refractivity contribution is 5.79. The van der Waals surface area contributed by atoms with Gasteiger partial charge >= 0.3 is 0 Å². The minimum atomic E-state index is -0.239. The molecule has 1 aromatic heterocycles. The monoisotopic (exact) mass is 360 g/mol. The normalized spacial score (nSPS) is 11.3. The molecule has 1 N–H and O–H groups in total. The summed E-state index contributed by atoms with van der Waals surface area (Å²) in [6.07, 6.45) is 1.70. The summed E-state index contributed by atoms with van der Waals surface area (Å²) in [5, 5.41) is 3.30. The first-order valence-electron chi connectivity index (χ1n) is 8.36. The van der Waals surface area contributed by atoms with Crippen molar-refractivity contribution in [1.29, 1.82) is 0 Å². The maximum Gasteiger partial charge on any atom is 0.218 e. The van der Waals surface area contributed by atoms with Crippen LogP contribution < -0.4 is 10.1 Å². The number of aliphatic imine (C=N–C) groups is 1. The predicted octanol–water partition coefficient (Wildman–Crippen LogP) is 2.45. The van der Waals surface area contributed by atoms with Gasteiger partial charge in [-0.2, -0.15) is 0 Å². The van der Waals surface area contributed by atoms with Crippen LogP contribution in [0.15, 0.2) is 47.6 Å². The summed E-state index contributed by atoms with van der Waals surface area (Å²) in [6, 6.07) is 10.3. The van der Waals surface area contributed by atoms with Gasteiger partial charge in [0.1, 0.15) is 12.4 Å². The van der Waals surface area contributed by atoms with Crippen LogP contribution in [0, 0.1) is 5.82 Å². The van der Waals surface area contributed by atoms with Crippen LogP contribution >= 0.6 is 0 Å². The van der Waals surface area contributed by atoms with E-state index < -0.39 is 0 Å². The standard InChI is InChI=1S/C19H25FN4O2/c1-21-19(24(2)14-15-6-8-17(20)9-7-15)23-13-16-5-4-10-22-18(16)26-12-11-25-3/h4-10H,11-14H2,1-3H3,(H,21,23). The maximum atomic E-state index is 13.0. The number of nitrogens with zero attached hydrogens (tertiary/aromatic N) is 3. The van der Waals surface area contributed by atoms with E-state index in [1.54, 1.807) is 32.5 Å². The number of guanidine groups is 1. The van der Waals surface area contributed by atoms with Gasteiger partial charge in [0.2, 0.25) is 5.88 Å². The fourth-order valence-electron chi connectivity index (χ4n) is 2.41. The molecule has 0 bridgehead atoms. The SMILES string of the molecule is CN=C(NCc1cccnc1OCCOC)N(C)Cc1ccc(F)cc1. The molecule has 0 amide bonds. The zero-order valence-corrected chi connectivity index (χ0v) is 15.4. The van der Waals surface area contributed by atoms with Gasteiger partial charge in [-0.15, -0.1) is 0 Å². The van der Waals surface area contributed by atoms with Crippen molar-refractivity contribution in [3.8, 4) is 5.88 Å². The molecule has 140 valence electrons. The van der Waals surface area contributed by atoms with E-state index in [2.05, 4.69) is 15.3 Å². The Kier molecular flexibility index (Phi) is 7.82. The summed E-state index contributed by atoms with van der Waals surface area (Å²) in [4.78, 5) is 10.5. The summed E-state index contributed by atoms with van der Waals surface area (Å²) < 4.78 is 23.7. The van der Waals surface area contributed by atoms with Crippen LogP contribution in [0.25, 0.3) is 0 Å². The number of halogens is 1. The number of pyridine rings is 1. The third-order valence-electron chi connectivity index (χ3n) is 3.72. The molecule has 1 heterocycles. The maximum absolute atomic E-state index is 13.0. The lowest BCUT2D eigenvalue weighted by atomic mass is 10.2. The predicted molar refractivity (Wildman–Crippen MR) is 99.7 cm³/mol. The van der Waals surface area contributed by atoms with E-state index in [9.17, 15) is 4.39 Å². The van der Waals surface area contributed by atoms with E-state index in [0.29, 0.717) is 32.2 Å². The van der Waals surface area contributed by atoms with Crippen molar-refractivity contribution >= 4 is 5.96 Å². The van der Waals surface area contributed by atoms with Crippen LogP contribution in [0.2, 0.25) is 0 Å². The lowest BCUT2D eigenvalue weighted by Crippen LogP contribution is -2.38. The number of hydrogen-bond donors (Lipinski definition) is 1. The van der Waals surface area contributed by atoms with Crippen molar-refractivity contribution in [3.63, 3.8) is 0 Å². The van der Waals surface area contributed by atoms with Gasteiger partial charge in [0, 0.05) is 46.1 Å². The zero-order chi connectivity index (χ0) is 18.8. The summed E-state index contributed by atoms with van der Waals surface area (Å²) in [5.74, 6) is 1.06. The molecule has 2 rings (SSSR count). The van der Waals surface area contributed by atoms with Crippen molar-refractivity contribution in [3.05, 3.63) is 59.5 Å². The highest BCUT2D eigenvalue weighted by atomic mass is 19.1. The summed E-state index contributed by atoms with van der Waals surface area (Å²) in [7, 11) is 5.28. The topological polar surface area (TPSA) is 59.0 Å². The first-order valence-corrected chi connectivity index (χ1v) is 8.36. The second-order valence-electron chi connectivity index (χ2n) is 5.69. The Hall–Kier alpha value is -2.67. The van der Waals surface area contributed by atoms with Gasteiger partial charge < -0.3 is 19.7 Å². The Balaban J connectivity index is 1.95. The molecule has 0 fully saturated rings. The average molecular weight is 360 g/mol. The minimum Gasteiger partial charge on any atom is -0.475 e. The molecule has 0 saturated carbocycles.